The predicted octanol–water partition coefficient (Wildman–Crippen LogP) is 5.48. The Morgan fingerprint density at radius 1 is 0.963 bits per heavy atom. The van der Waals surface area contributed by atoms with E-state index >= 15 is 0 Å². The summed E-state index contributed by atoms with van der Waals surface area (Å²) in [4.78, 5) is 10.7. The van der Waals surface area contributed by atoms with Crippen LogP contribution in [-0.2, 0) is 11.2 Å². The van der Waals surface area contributed by atoms with E-state index in [4.69, 9.17) is 9.84 Å². The molecule has 1 aliphatic rings. The van der Waals surface area contributed by atoms with Crippen molar-refractivity contribution in [1.29, 1.82) is 0 Å². The Morgan fingerprint density at radius 2 is 1.63 bits per heavy atom. The number of ether oxygens (including phenoxy) is 1. The quantitative estimate of drug-likeness (QED) is 0.464. The lowest BCUT2D eigenvalue weighted by molar-refractivity contribution is -0.137. The van der Waals surface area contributed by atoms with E-state index in [9.17, 15) is 4.79 Å². The van der Waals surface area contributed by atoms with Gasteiger partial charge in [0.05, 0.1) is 6.61 Å². The summed E-state index contributed by atoms with van der Waals surface area (Å²) in [7, 11) is 0. The van der Waals surface area contributed by atoms with E-state index in [1.54, 1.807) is 0 Å². The van der Waals surface area contributed by atoms with Gasteiger partial charge in [-0.05, 0) is 59.2 Å². The van der Waals surface area contributed by atoms with Gasteiger partial charge < -0.3 is 9.84 Å². The summed E-state index contributed by atoms with van der Waals surface area (Å²) in [6.45, 7) is 2.53. The second-order valence-electron chi connectivity index (χ2n) is 7.01. The van der Waals surface area contributed by atoms with Crippen LogP contribution in [0.2, 0.25) is 0 Å². The molecule has 3 aromatic carbocycles. The molecule has 0 atom stereocenters. The number of para-hydroxylation sites is 1. The van der Waals surface area contributed by atoms with Gasteiger partial charge in [-0.15, -0.1) is 0 Å². The monoisotopic (exact) mass is 358 g/mol. The highest BCUT2D eigenvalue weighted by Gasteiger charge is 2.23. The van der Waals surface area contributed by atoms with Gasteiger partial charge in [0.1, 0.15) is 5.75 Å². The molecular formula is C24H22O3. The zero-order valence-corrected chi connectivity index (χ0v) is 15.4. The summed E-state index contributed by atoms with van der Waals surface area (Å²) >= 11 is 0. The van der Waals surface area contributed by atoms with Crippen molar-refractivity contribution in [1.82, 2.24) is 0 Å². The summed E-state index contributed by atoms with van der Waals surface area (Å²) in [5, 5.41) is 8.81. The minimum atomic E-state index is -0.791. The van der Waals surface area contributed by atoms with Crippen LogP contribution in [0.3, 0.4) is 0 Å². The number of aliphatic carboxylic acids is 1. The predicted molar refractivity (Wildman–Crippen MR) is 107 cm³/mol. The number of carboxylic acids is 1. The number of aryl methyl sites for hydroxylation is 1. The van der Waals surface area contributed by atoms with Crippen molar-refractivity contribution < 1.29 is 14.6 Å². The maximum absolute atomic E-state index is 10.7. The number of benzene rings is 3. The highest BCUT2D eigenvalue weighted by molar-refractivity contribution is 5.87. The Kier molecular flexibility index (Phi) is 4.68. The molecule has 0 radical (unpaired) electrons. The molecule has 0 bridgehead atoms. The molecule has 3 aromatic rings. The number of hydrogen-bond donors (Lipinski definition) is 1. The largest absolute Gasteiger partial charge is 0.493 e. The lowest BCUT2D eigenvalue weighted by Crippen LogP contribution is -2.03. The van der Waals surface area contributed by atoms with Crippen molar-refractivity contribution in [3.63, 3.8) is 0 Å². The third kappa shape index (κ3) is 3.45. The van der Waals surface area contributed by atoms with Crippen molar-refractivity contribution in [3.8, 4) is 28.0 Å². The highest BCUT2D eigenvalue weighted by Crippen LogP contribution is 2.44. The van der Waals surface area contributed by atoms with Gasteiger partial charge in [0.25, 0.3) is 0 Å². The van der Waals surface area contributed by atoms with Crippen molar-refractivity contribution >= 4 is 5.97 Å². The Balaban J connectivity index is 1.71. The van der Waals surface area contributed by atoms with E-state index in [-0.39, 0.29) is 6.42 Å². The van der Waals surface area contributed by atoms with E-state index in [1.165, 1.54) is 33.4 Å². The summed E-state index contributed by atoms with van der Waals surface area (Å²) in [6.07, 6.45) is 1.55. The van der Waals surface area contributed by atoms with E-state index in [0.29, 0.717) is 13.0 Å². The number of hydrogen-bond acceptors (Lipinski definition) is 2. The number of fused-ring (bicyclic) bond motifs is 3. The second kappa shape index (κ2) is 7.28. The molecule has 136 valence electrons. The first-order chi connectivity index (χ1) is 13.1. The SMILES string of the molecule is Cc1cc2c(c(-c3ccccc3OCCCC(=O)O)c1)Cc1ccccc1-2. The van der Waals surface area contributed by atoms with Crippen LogP contribution < -0.4 is 4.74 Å². The average Bonchev–Trinajstić information content (AvgIpc) is 3.03. The molecule has 0 unspecified atom stereocenters. The summed E-state index contributed by atoms with van der Waals surface area (Å²) in [6, 6.07) is 21.1. The standard InChI is InChI=1S/C24H22O3/c1-16-13-20-18-8-3-2-7-17(18)15-22(20)21(14-16)19-9-4-5-10-23(19)27-12-6-11-24(25)26/h2-5,7-10,13-14H,6,11-12,15H2,1H3,(H,25,26). The van der Waals surface area contributed by atoms with E-state index in [1.807, 2.05) is 18.2 Å². The van der Waals surface area contributed by atoms with Crippen molar-refractivity contribution in [3.05, 3.63) is 77.4 Å². The minimum Gasteiger partial charge on any atom is -0.493 e. The molecule has 0 amide bonds. The molecule has 4 rings (SSSR count). The molecule has 27 heavy (non-hydrogen) atoms. The van der Waals surface area contributed by atoms with Crippen LogP contribution in [0.1, 0.15) is 29.5 Å². The van der Waals surface area contributed by atoms with Gasteiger partial charge in [0.2, 0.25) is 0 Å². The fraction of sp³-hybridized carbons (Fsp3) is 0.208. The lowest BCUT2D eigenvalue weighted by atomic mass is 9.93. The Morgan fingerprint density at radius 3 is 2.41 bits per heavy atom. The first-order valence-corrected chi connectivity index (χ1v) is 9.29. The van der Waals surface area contributed by atoms with Crippen LogP contribution in [0.15, 0.2) is 60.7 Å². The minimum absolute atomic E-state index is 0.122. The molecular weight excluding hydrogens is 336 g/mol. The topological polar surface area (TPSA) is 46.5 Å². The highest BCUT2D eigenvalue weighted by atomic mass is 16.5. The van der Waals surface area contributed by atoms with Crippen LogP contribution in [0.4, 0.5) is 0 Å². The maximum atomic E-state index is 10.7. The molecule has 1 aliphatic carbocycles. The molecule has 0 fully saturated rings. The number of rotatable bonds is 6. The van der Waals surface area contributed by atoms with Gasteiger partial charge in [-0.1, -0.05) is 54.6 Å². The molecule has 0 aromatic heterocycles. The summed E-state index contributed by atoms with van der Waals surface area (Å²) < 4.78 is 5.96. The van der Waals surface area contributed by atoms with E-state index in [0.717, 1.165) is 17.7 Å². The normalized spacial score (nSPS) is 11.7. The van der Waals surface area contributed by atoms with Crippen molar-refractivity contribution in [2.45, 2.75) is 26.2 Å². The van der Waals surface area contributed by atoms with Gasteiger partial charge in [-0.2, -0.15) is 0 Å². The zero-order valence-electron chi connectivity index (χ0n) is 15.4. The second-order valence-corrected chi connectivity index (χ2v) is 7.01. The molecule has 0 aliphatic heterocycles. The third-order valence-corrected chi connectivity index (χ3v) is 5.04. The van der Waals surface area contributed by atoms with Crippen LogP contribution in [0, 0.1) is 6.92 Å². The Labute approximate surface area is 159 Å². The third-order valence-electron chi connectivity index (χ3n) is 5.04. The van der Waals surface area contributed by atoms with Gasteiger partial charge in [-0.25, -0.2) is 0 Å². The Bertz CT molecular complexity index is 1000. The van der Waals surface area contributed by atoms with Crippen molar-refractivity contribution in [2.75, 3.05) is 6.61 Å². The number of carbonyl (C=O) groups is 1. The molecule has 0 heterocycles. The van der Waals surface area contributed by atoms with Crippen LogP contribution in [-0.4, -0.2) is 17.7 Å². The fourth-order valence-corrected chi connectivity index (χ4v) is 3.84. The smallest absolute Gasteiger partial charge is 0.303 e. The van der Waals surface area contributed by atoms with Gasteiger partial charge in [0.15, 0.2) is 0 Å². The van der Waals surface area contributed by atoms with Crippen LogP contribution in [0.25, 0.3) is 22.3 Å². The first-order valence-electron chi connectivity index (χ1n) is 9.29. The van der Waals surface area contributed by atoms with E-state index < -0.39 is 5.97 Å². The molecule has 0 saturated heterocycles. The Hall–Kier alpha value is -3.07. The lowest BCUT2D eigenvalue weighted by Gasteiger charge is -2.15. The van der Waals surface area contributed by atoms with Gasteiger partial charge >= 0.3 is 5.97 Å². The number of carboxylic acid groups (broad SMARTS) is 1. The molecule has 3 nitrogen and oxygen atoms in total. The molecule has 0 saturated carbocycles. The first kappa shape index (κ1) is 17.3. The summed E-state index contributed by atoms with van der Waals surface area (Å²) in [5.41, 5.74) is 8.82. The van der Waals surface area contributed by atoms with E-state index in [2.05, 4.69) is 49.4 Å². The van der Waals surface area contributed by atoms with Gasteiger partial charge in [0, 0.05) is 12.0 Å². The van der Waals surface area contributed by atoms with Gasteiger partial charge in [-0.3, -0.25) is 4.79 Å². The van der Waals surface area contributed by atoms with Crippen molar-refractivity contribution in [2.24, 2.45) is 0 Å². The van der Waals surface area contributed by atoms with Crippen LogP contribution in [0.5, 0.6) is 5.75 Å². The molecule has 3 heteroatoms. The average molecular weight is 358 g/mol. The summed E-state index contributed by atoms with van der Waals surface area (Å²) in [5.74, 6) is 0.0211. The zero-order chi connectivity index (χ0) is 18.8. The van der Waals surface area contributed by atoms with Crippen LogP contribution >= 0.6 is 0 Å². The molecule has 1 N–H and O–H groups in total. The molecule has 0 spiro atoms. The maximum Gasteiger partial charge on any atom is 0.303 e. The fourth-order valence-electron chi connectivity index (χ4n) is 3.84.